The number of nitrogen functional groups attached to an aromatic ring is 1. The minimum atomic E-state index is -0.0390. The van der Waals surface area contributed by atoms with E-state index in [-0.39, 0.29) is 5.91 Å². The van der Waals surface area contributed by atoms with E-state index in [1.54, 1.807) is 21.7 Å². The van der Waals surface area contributed by atoms with Gasteiger partial charge in [-0.25, -0.2) is 0 Å². The first-order chi connectivity index (χ1) is 8.63. The fourth-order valence-electron chi connectivity index (χ4n) is 1.99. The van der Waals surface area contributed by atoms with Gasteiger partial charge in [0.25, 0.3) is 5.91 Å². The van der Waals surface area contributed by atoms with Crippen LogP contribution in [0.2, 0.25) is 0 Å². The number of nitrogens with zero attached hydrogens (tertiary/aromatic N) is 2. The number of rotatable bonds is 3. The Kier molecular flexibility index (Phi) is 3.37. The van der Waals surface area contributed by atoms with Gasteiger partial charge in [-0.15, -0.1) is 0 Å². The first kappa shape index (κ1) is 12.2. The molecule has 18 heavy (non-hydrogen) atoms. The maximum atomic E-state index is 12.5. The summed E-state index contributed by atoms with van der Waals surface area (Å²) in [5.41, 5.74) is 7.80. The van der Waals surface area contributed by atoms with Crippen molar-refractivity contribution in [3.05, 3.63) is 48.3 Å². The highest BCUT2D eigenvalue weighted by molar-refractivity contribution is 6.05. The molecule has 4 nitrogen and oxygen atoms in total. The topological polar surface area (TPSA) is 51.3 Å². The van der Waals surface area contributed by atoms with E-state index in [0.29, 0.717) is 17.9 Å². The van der Waals surface area contributed by atoms with Crippen molar-refractivity contribution in [2.45, 2.75) is 6.92 Å². The predicted molar refractivity (Wildman–Crippen MR) is 73.6 cm³/mol. The molecule has 94 valence electrons. The third-order valence-electron chi connectivity index (χ3n) is 2.87. The number of anilines is 2. The third kappa shape index (κ3) is 2.22. The maximum absolute atomic E-state index is 12.5. The molecule has 1 heterocycles. The fourth-order valence-corrected chi connectivity index (χ4v) is 1.99. The molecule has 2 aromatic rings. The standard InChI is InChI=1S/C14H17N3O/c1-3-17(12-7-5-4-6-8-12)14(18)13-9-11(15)10-16(13)2/h4-10H,3,15H2,1-2H3. The highest BCUT2D eigenvalue weighted by Crippen LogP contribution is 2.18. The van der Waals surface area contributed by atoms with E-state index < -0.39 is 0 Å². The van der Waals surface area contributed by atoms with Crippen LogP contribution in [0.15, 0.2) is 42.6 Å². The smallest absolute Gasteiger partial charge is 0.274 e. The quantitative estimate of drug-likeness (QED) is 0.899. The Balaban J connectivity index is 2.34. The minimum Gasteiger partial charge on any atom is -0.397 e. The number of carbonyl (C=O) groups is 1. The van der Waals surface area contributed by atoms with Crippen molar-refractivity contribution in [3.63, 3.8) is 0 Å². The lowest BCUT2D eigenvalue weighted by atomic mass is 10.2. The molecule has 0 atom stereocenters. The van der Waals surface area contributed by atoms with Crippen molar-refractivity contribution in [2.24, 2.45) is 7.05 Å². The van der Waals surface area contributed by atoms with Gasteiger partial charge in [-0.3, -0.25) is 4.79 Å². The number of aryl methyl sites for hydroxylation is 1. The molecule has 4 heteroatoms. The summed E-state index contributed by atoms with van der Waals surface area (Å²) >= 11 is 0. The molecular weight excluding hydrogens is 226 g/mol. The van der Waals surface area contributed by atoms with Crippen LogP contribution in [0.1, 0.15) is 17.4 Å². The molecule has 0 fully saturated rings. The fraction of sp³-hybridized carbons (Fsp3) is 0.214. The van der Waals surface area contributed by atoms with Crippen LogP contribution in [0.5, 0.6) is 0 Å². The Morgan fingerprint density at radius 2 is 2.00 bits per heavy atom. The molecule has 0 bridgehead atoms. The zero-order valence-corrected chi connectivity index (χ0v) is 10.6. The molecule has 0 aliphatic heterocycles. The third-order valence-corrected chi connectivity index (χ3v) is 2.87. The largest absolute Gasteiger partial charge is 0.397 e. The molecule has 1 amide bonds. The summed E-state index contributed by atoms with van der Waals surface area (Å²) in [7, 11) is 1.82. The monoisotopic (exact) mass is 243 g/mol. The van der Waals surface area contributed by atoms with Crippen molar-refractivity contribution < 1.29 is 4.79 Å². The second kappa shape index (κ2) is 4.96. The SMILES string of the molecule is CCN(C(=O)c1cc(N)cn1C)c1ccccc1. The Hall–Kier alpha value is -2.23. The number of carbonyl (C=O) groups excluding carboxylic acids is 1. The molecular formula is C14H17N3O. The Bertz CT molecular complexity index is 545. The number of amides is 1. The Morgan fingerprint density at radius 3 is 2.50 bits per heavy atom. The second-order valence-electron chi connectivity index (χ2n) is 4.15. The lowest BCUT2D eigenvalue weighted by Gasteiger charge is -2.21. The summed E-state index contributed by atoms with van der Waals surface area (Å²) in [5.74, 6) is -0.0390. The second-order valence-corrected chi connectivity index (χ2v) is 4.15. The van der Waals surface area contributed by atoms with E-state index in [4.69, 9.17) is 5.73 Å². The lowest BCUT2D eigenvalue weighted by molar-refractivity contribution is 0.0980. The highest BCUT2D eigenvalue weighted by Gasteiger charge is 2.18. The molecule has 2 rings (SSSR count). The van der Waals surface area contributed by atoms with E-state index in [0.717, 1.165) is 5.69 Å². The zero-order valence-electron chi connectivity index (χ0n) is 10.6. The van der Waals surface area contributed by atoms with Gasteiger partial charge in [-0.05, 0) is 25.1 Å². The van der Waals surface area contributed by atoms with E-state index in [2.05, 4.69) is 0 Å². The van der Waals surface area contributed by atoms with Gasteiger partial charge in [0.1, 0.15) is 5.69 Å². The van der Waals surface area contributed by atoms with Crippen molar-refractivity contribution in [2.75, 3.05) is 17.2 Å². The molecule has 0 unspecified atom stereocenters. The molecule has 0 saturated carbocycles. The normalized spacial score (nSPS) is 10.3. The van der Waals surface area contributed by atoms with E-state index >= 15 is 0 Å². The molecule has 2 N–H and O–H groups in total. The predicted octanol–water partition coefficient (Wildman–Crippen LogP) is 2.27. The molecule has 0 aliphatic rings. The number of hydrogen-bond donors (Lipinski definition) is 1. The van der Waals surface area contributed by atoms with Gasteiger partial charge >= 0.3 is 0 Å². The molecule has 0 spiro atoms. The van der Waals surface area contributed by atoms with Gasteiger partial charge in [0.15, 0.2) is 0 Å². The van der Waals surface area contributed by atoms with Crippen molar-refractivity contribution >= 4 is 17.3 Å². The molecule has 0 radical (unpaired) electrons. The molecule has 1 aromatic heterocycles. The van der Waals surface area contributed by atoms with Crippen LogP contribution in [0.4, 0.5) is 11.4 Å². The first-order valence-electron chi connectivity index (χ1n) is 5.92. The van der Waals surface area contributed by atoms with E-state index in [1.165, 1.54) is 0 Å². The molecule has 0 saturated heterocycles. The number of benzene rings is 1. The van der Waals surface area contributed by atoms with Crippen LogP contribution in [0.25, 0.3) is 0 Å². The van der Waals surface area contributed by atoms with Crippen molar-refractivity contribution in [1.82, 2.24) is 4.57 Å². The van der Waals surface area contributed by atoms with Crippen LogP contribution < -0.4 is 10.6 Å². The lowest BCUT2D eigenvalue weighted by Crippen LogP contribution is -2.31. The number of para-hydroxylation sites is 1. The van der Waals surface area contributed by atoms with Gasteiger partial charge < -0.3 is 15.2 Å². The van der Waals surface area contributed by atoms with Gasteiger partial charge in [0, 0.05) is 25.5 Å². The van der Waals surface area contributed by atoms with Crippen molar-refractivity contribution in [1.29, 1.82) is 0 Å². The van der Waals surface area contributed by atoms with Gasteiger partial charge in [-0.2, -0.15) is 0 Å². The van der Waals surface area contributed by atoms with Gasteiger partial charge in [-0.1, -0.05) is 18.2 Å². The van der Waals surface area contributed by atoms with E-state index in [9.17, 15) is 4.79 Å². The molecule has 1 aromatic carbocycles. The average molecular weight is 243 g/mol. The summed E-state index contributed by atoms with van der Waals surface area (Å²) in [4.78, 5) is 14.2. The highest BCUT2D eigenvalue weighted by atomic mass is 16.2. The number of aromatic nitrogens is 1. The van der Waals surface area contributed by atoms with Crippen LogP contribution >= 0.6 is 0 Å². The zero-order chi connectivity index (χ0) is 13.1. The molecule has 0 aliphatic carbocycles. The van der Waals surface area contributed by atoms with Crippen LogP contribution in [0.3, 0.4) is 0 Å². The summed E-state index contributed by atoms with van der Waals surface area (Å²) < 4.78 is 1.75. The minimum absolute atomic E-state index is 0.0390. The Morgan fingerprint density at radius 1 is 1.33 bits per heavy atom. The van der Waals surface area contributed by atoms with Crippen LogP contribution in [-0.2, 0) is 7.05 Å². The first-order valence-corrected chi connectivity index (χ1v) is 5.92. The Labute approximate surface area is 107 Å². The number of hydrogen-bond acceptors (Lipinski definition) is 2. The maximum Gasteiger partial charge on any atom is 0.274 e. The van der Waals surface area contributed by atoms with Gasteiger partial charge in [0.05, 0.1) is 5.69 Å². The summed E-state index contributed by atoms with van der Waals surface area (Å²) in [6.07, 6.45) is 1.74. The van der Waals surface area contributed by atoms with Crippen molar-refractivity contribution in [3.8, 4) is 0 Å². The summed E-state index contributed by atoms with van der Waals surface area (Å²) in [6, 6.07) is 11.3. The summed E-state index contributed by atoms with van der Waals surface area (Å²) in [5, 5.41) is 0. The van der Waals surface area contributed by atoms with Gasteiger partial charge in [0.2, 0.25) is 0 Å². The number of nitrogens with two attached hydrogens (primary N) is 1. The van der Waals surface area contributed by atoms with E-state index in [1.807, 2.05) is 44.3 Å². The van der Waals surface area contributed by atoms with Crippen LogP contribution in [-0.4, -0.2) is 17.0 Å². The van der Waals surface area contributed by atoms with Crippen LogP contribution in [0, 0.1) is 0 Å². The summed E-state index contributed by atoms with van der Waals surface area (Å²) in [6.45, 7) is 2.57. The average Bonchev–Trinajstić information content (AvgIpc) is 2.70.